The molecule has 0 amide bonds. The molecule has 2 aromatic carbocycles. The summed E-state index contributed by atoms with van der Waals surface area (Å²) in [6.45, 7) is 0.179. The van der Waals surface area contributed by atoms with Gasteiger partial charge in [-0.05, 0) is 53.8 Å². The minimum Gasteiger partial charge on any atom is -0.489 e. The van der Waals surface area contributed by atoms with Crippen LogP contribution in [0.15, 0.2) is 36.4 Å². The van der Waals surface area contributed by atoms with Gasteiger partial charge in [0.05, 0.1) is 6.10 Å². The maximum Gasteiger partial charge on any atom is 0.159 e. The molecule has 20 heavy (non-hydrogen) atoms. The number of hydrogen-bond acceptors (Lipinski definition) is 2. The third-order valence-electron chi connectivity index (χ3n) is 3.55. The van der Waals surface area contributed by atoms with Gasteiger partial charge >= 0.3 is 0 Å². The van der Waals surface area contributed by atoms with Crippen molar-refractivity contribution < 1.29 is 18.6 Å². The number of halogens is 2. The second kappa shape index (κ2) is 5.21. The summed E-state index contributed by atoms with van der Waals surface area (Å²) in [5.41, 5.74) is 2.61. The Hall–Kier alpha value is -1.94. The molecule has 0 fully saturated rings. The lowest BCUT2D eigenvalue weighted by Gasteiger charge is -2.09. The van der Waals surface area contributed by atoms with E-state index in [0.29, 0.717) is 11.3 Å². The predicted molar refractivity (Wildman–Crippen MR) is 70.4 cm³/mol. The summed E-state index contributed by atoms with van der Waals surface area (Å²) in [6, 6.07) is 9.25. The van der Waals surface area contributed by atoms with E-state index in [0.717, 1.165) is 36.1 Å². The molecule has 0 saturated carbocycles. The lowest BCUT2D eigenvalue weighted by molar-refractivity contribution is 0.180. The van der Waals surface area contributed by atoms with E-state index in [2.05, 4.69) is 0 Å². The van der Waals surface area contributed by atoms with Gasteiger partial charge in [-0.2, -0.15) is 0 Å². The lowest BCUT2D eigenvalue weighted by atomic mass is 10.1. The zero-order valence-corrected chi connectivity index (χ0v) is 10.8. The molecule has 4 heteroatoms. The molecule has 1 N–H and O–H groups in total. The van der Waals surface area contributed by atoms with Gasteiger partial charge < -0.3 is 9.84 Å². The van der Waals surface area contributed by atoms with E-state index in [1.807, 2.05) is 12.1 Å². The standard InChI is InChI=1S/C16H14F2O2/c17-14-5-1-10(7-15(14)18)9-20-12-3-4-13-11(8-12)2-6-16(13)19/h1,3-5,7-8,16,19H,2,6,9H2. The molecule has 104 valence electrons. The van der Waals surface area contributed by atoms with Crippen LogP contribution in [0.25, 0.3) is 0 Å². The third kappa shape index (κ3) is 2.51. The molecule has 1 atom stereocenters. The fraction of sp³-hybridized carbons (Fsp3) is 0.250. The van der Waals surface area contributed by atoms with E-state index >= 15 is 0 Å². The fourth-order valence-electron chi connectivity index (χ4n) is 2.46. The normalized spacial score (nSPS) is 17.1. The van der Waals surface area contributed by atoms with Crippen LogP contribution in [0.5, 0.6) is 5.75 Å². The molecule has 1 unspecified atom stereocenters. The van der Waals surface area contributed by atoms with Crippen LogP contribution in [-0.2, 0) is 13.0 Å². The van der Waals surface area contributed by atoms with Gasteiger partial charge in [0.1, 0.15) is 12.4 Å². The summed E-state index contributed by atoms with van der Waals surface area (Å²) in [6.07, 6.45) is 1.19. The largest absolute Gasteiger partial charge is 0.489 e. The monoisotopic (exact) mass is 276 g/mol. The first-order chi connectivity index (χ1) is 9.63. The average Bonchev–Trinajstić information content (AvgIpc) is 2.81. The molecule has 2 aromatic rings. The topological polar surface area (TPSA) is 29.5 Å². The molecule has 0 aliphatic heterocycles. The summed E-state index contributed by atoms with van der Waals surface area (Å²) >= 11 is 0. The van der Waals surface area contributed by atoms with Crippen molar-refractivity contribution in [2.24, 2.45) is 0 Å². The van der Waals surface area contributed by atoms with Crippen LogP contribution in [0.2, 0.25) is 0 Å². The van der Waals surface area contributed by atoms with Crippen LogP contribution in [0.4, 0.5) is 8.78 Å². The summed E-state index contributed by atoms with van der Waals surface area (Å²) in [5, 5.41) is 9.72. The molecular weight excluding hydrogens is 262 g/mol. The van der Waals surface area contributed by atoms with Crippen molar-refractivity contribution in [3.63, 3.8) is 0 Å². The molecule has 0 heterocycles. The van der Waals surface area contributed by atoms with E-state index in [1.54, 1.807) is 6.07 Å². The van der Waals surface area contributed by atoms with E-state index in [-0.39, 0.29) is 12.7 Å². The van der Waals surface area contributed by atoms with Crippen molar-refractivity contribution in [3.05, 3.63) is 64.7 Å². The van der Waals surface area contributed by atoms with E-state index in [9.17, 15) is 13.9 Å². The van der Waals surface area contributed by atoms with Crippen molar-refractivity contribution >= 4 is 0 Å². The van der Waals surface area contributed by atoms with Crippen molar-refractivity contribution in [2.75, 3.05) is 0 Å². The first-order valence-electron chi connectivity index (χ1n) is 6.51. The number of fused-ring (bicyclic) bond motifs is 1. The Morgan fingerprint density at radius 1 is 1.10 bits per heavy atom. The van der Waals surface area contributed by atoms with Gasteiger partial charge in [0.25, 0.3) is 0 Å². The smallest absolute Gasteiger partial charge is 0.159 e. The minimum absolute atomic E-state index is 0.179. The highest BCUT2D eigenvalue weighted by Crippen LogP contribution is 2.33. The van der Waals surface area contributed by atoms with Gasteiger partial charge in [-0.25, -0.2) is 8.78 Å². The van der Waals surface area contributed by atoms with Gasteiger partial charge in [-0.15, -0.1) is 0 Å². The Kier molecular flexibility index (Phi) is 3.40. The molecule has 3 rings (SSSR count). The molecule has 0 aromatic heterocycles. The highest BCUT2D eigenvalue weighted by molar-refractivity contribution is 5.40. The molecular formula is C16H14F2O2. The highest BCUT2D eigenvalue weighted by atomic mass is 19.2. The number of rotatable bonds is 3. The van der Waals surface area contributed by atoms with Gasteiger partial charge in [-0.1, -0.05) is 12.1 Å². The summed E-state index contributed by atoms with van der Waals surface area (Å²) in [5.74, 6) is -1.06. The second-order valence-corrected chi connectivity index (χ2v) is 4.95. The highest BCUT2D eigenvalue weighted by Gasteiger charge is 2.20. The van der Waals surface area contributed by atoms with Crippen molar-refractivity contribution in [1.82, 2.24) is 0 Å². The second-order valence-electron chi connectivity index (χ2n) is 4.95. The van der Waals surface area contributed by atoms with Crippen LogP contribution in [-0.4, -0.2) is 5.11 Å². The molecule has 0 bridgehead atoms. The minimum atomic E-state index is -0.872. The van der Waals surface area contributed by atoms with Crippen LogP contribution in [0.1, 0.15) is 29.2 Å². The first-order valence-corrected chi connectivity index (χ1v) is 6.51. The molecule has 0 saturated heterocycles. The Bertz CT molecular complexity index is 640. The SMILES string of the molecule is OC1CCc2cc(OCc3ccc(F)c(F)c3)ccc21. The molecule has 1 aliphatic rings. The van der Waals surface area contributed by atoms with Crippen LogP contribution in [0, 0.1) is 11.6 Å². The van der Waals surface area contributed by atoms with E-state index in [4.69, 9.17) is 4.74 Å². The summed E-state index contributed by atoms with van der Waals surface area (Å²) in [4.78, 5) is 0. The van der Waals surface area contributed by atoms with Crippen molar-refractivity contribution in [3.8, 4) is 5.75 Å². The van der Waals surface area contributed by atoms with Crippen LogP contribution >= 0.6 is 0 Å². The maximum atomic E-state index is 13.1. The zero-order chi connectivity index (χ0) is 14.1. The molecule has 1 aliphatic carbocycles. The van der Waals surface area contributed by atoms with E-state index < -0.39 is 11.6 Å². The Labute approximate surface area is 115 Å². The lowest BCUT2D eigenvalue weighted by Crippen LogP contribution is -1.98. The Morgan fingerprint density at radius 2 is 1.95 bits per heavy atom. The molecule has 0 spiro atoms. The van der Waals surface area contributed by atoms with Gasteiger partial charge in [0.15, 0.2) is 11.6 Å². The number of aliphatic hydroxyl groups excluding tert-OH is 1. The first kappa shape index (κ1) is 13.1. The van der Waals surface area contributed by atoms with Gasteiger partial charge in [0.2, 0.25) is 0 Å². The van der Waals surface area contributed by atoms with Crippen molar-refractivity contribution in [2.45, 2.75) is 25.6 Å². The predicted octanol–water partition coefficient (Wildman–Crippen LogP) is 3.52. The quantitative estimate of drug-likeness (QED) is 0.929. The number of ether oxygens (including phenoxy) is 1. The van der Waals surface area contributed by atoms with Gasteiger partial charge in [-0.3, -0.25) is 0 Å². The molecule has 0 radical (unpaired) electrons. The van der Waals surface area contributed by atoms with Crippen molar-refractivity contribution in [1.29, 1.82) is 0 Å². The zero-order valence-electron chi connectivity index (χ0n) is 10.8. The summed E-state index contributed by atoms with van der Waals surface area (Å²) < 4.78 is 31.5. The molecule has 2 nitrogen and oxygen atoms in total. The Balaban J connectivity index is 1.71. The van der Waals surface area contributed by atoms with Crippen LogP contribution in [0.3, 0.4) is 0 Å². The fourth-order valence-corrected chi connectivity index (χ4v) is 2.46. The average molecular weight is 276 g/mol. The third-order valence-corrected chi connectivity index (χ3v) is 3.55. The van der Waals surface area contributed by atoms with Crippen LogP contribution < -0.4 is 4.74 Å². The number of benzene rings is 2. The number of hydrogen-bond donors (Lipinski definition) is 1. The number of aliphatic hydroxyl groups is 1. The van der Waals surface area contributed by atoms with E-state index in [1.165, 1.54) is 6.07 Å². The Morgan fingerprint density at radius 3 is 2.75 bits per heavy atom. The number of aryl methyl sites for hydroxylation is 1. The summed E-state index contributed by atoms with van der Waals surface area (Å²) in [7, 11) is 0. The van der Waals surface area contributed by atoms with Gasteiger partial charge in [0, 0.05) is 0 Å². The maximum absolute atomic E-state index is 13.1.